The van der Waals surface area contributed by atoms with Crippen LogP contribution in [0.5, 0.6) is 0 Å². The maximum Gasteiger partial charge on any atom is 0.253 e. The summed E-state index contributed by atoms with van der Waals surface area (Å²) in [5, 5.41) is 2.75. The minimum absolute atomic E-state index is 0.214. The molecule has 0 fully saturated rings. The van der Waals surface area contributed by atoms with Gasteiger partial charge in [0, 0.05) is 18.3 Å². The first-order valence-corrected chi connectivity index (χ1v) is 6.83. The summed E-state index contributed by atoms with van der Waals surface area (Å²) in [5.41, 5.74) is 7.86. The molecular weight excluding hydrogens is 266 g/mol. The fourth-order valence-electron chi connectivity index (χ4n) is 1.81. The lowest BCUT2D eigenvalue weighted by atomic mass is 10.2. The van der Waals surface area contributed by atoms with Crippen molar-refractivity contribution >= 4 is 17.3 Å². The van der Waals surface area contributed by atoms with Gasteiger partial charge in [0.1, 0.15) is 6.10 Å². The van der Waals surface area contributed by atoms with Crippen LogP contribution in [0, 0.1) is 0 Å². The number of para-hydroxylation sites is 2. The molecule has 110 valence electrons. The number of nitrogen functional groups attached to an aromatic ring is 1. The van der Waals surface area contributed by atoms with Gasteiger partial charge in [-0.05, 0) is 31.2 Å². The largest absolute Gasteiger partial charge is 0.397 e. The van der Waals surface area contributed by atoms with E-state index in [2.05, 4.69) is 10.3 Å². The van der Waals surface area contributed by atoms with Crippen LogP contribution in [0.1, 0.15) is 12.6 Å². The Morgan fingerprint density at radius 2 is 2.05 bits per heavy atom. The molecule has 0 spiro atoms. The molecular formula is C16H19N3O2. The van der Waals surface area contributed by atoms with Gasteiger partial charge in [-0.1, -0.05) is 18.2 Å². The summed E-state index contributed by atoms with van der Waals surface area (Å²) in [6, 6.07) is 12.9. The highest BCUT2D eigenvalue weighted by Gasteiger charge is 2.14. The van der Waals surface area contributed by atoms with E-state index in [1.165, 1.54) is 0 Å². The second kappa shape index (κ2) is 7.40. The molecule has 1 unspecified atom stereocenters. The van der Waals surface area contributed by atoms with Gasteiger partial charge in [0.2, 0.25) is 0 Å². The number of rotatable bonds is 6. The Labute approximate surface area is 124 Å². The van der Waals surface area contributed by atoms with E-state index in [1.807, 2.05) is 30.3 Å². The smallest absolute Gasteiger partial charge is 0.253 e. The van der Waals surface area contributed by atoms with Crippen LogP contribution in [0.2, 0.25) is 0 Å². The third-order valence-electron chi connectivity index (χ3n) is 3.04. The summed E-state index contributed by atoms with van der Waals surface area (Å²) in [4.78, 5) is 16.2. The third-order valence-corrected chi connectivity index (χ3v) is 3.04. The molecule has 3 N–H and O–H groups in total. The van der Waals surface area contributed by atoms with Crippen LogP contribution in [0.25, 0.3) is 0 Å². The van der Waals surface area contributed by atoms with Crippen LogP contribution in [0.3, 0.4) is 0 Å². The highest BCUT2D eigenvalue weighted by Crippen LogP contribution is 2.17. The van der Waals surface area contributed by atoms with Crippen molar-refractivity contribution in [3.8, 4) is 0 Å². The molecule has 2 rings (SSSR count). The van der Waals surface area contributed by atoms with E-state index in [1.54, 1.807) is 25.3 Å². The van der Waals surface area contributed by atoms with E-state index in [4.69, 9.17) is 10.5 Å². The van der Waals surface area contributed by atoms with Crippen LogP contribution in [-0.2, 0) is 16.0 Å². The lowest BCUT2D eigenvalue weighted by Crippen LogP contribution is -2.28. The molecule has 1 atom stereocenters. The number of benzene rings is 1. The SMILES string of the molecule is CC(OCCc1ccccn1)C(=O)Nc1ccccc1N. The normalized spacial score (nSPS) is 11.9. The van der Waals surface area contributed by atoms with Gasteiger partial charge in [0.15, 0.2) is 0 Å². The quantitative estimate of drug-likeness (QED) is 0.798. The maximum absolute atomic E-state index is 12.0. The molecule has 1 heterocycles. The van der Waals surface area contributed by atoms with Crippen LogP contribution < -0.4 is 11.1 Å². The Hall–Kier alpha value is -2.40. The van der Waals surface area contributed by atoms with Crippen molar-refractivity contribution in [1.82, 2.24) is 4.98 Å². The van der Waals surface area contributed by atoms with Crippen molar-refractivity contribution in [3.05, 3.63) is 54.4 Å². The maximum atomic E-state index is 12.0. The van der Waals surface area contributed by atoms with Crippen molar-refractivity contribution in [2.45, 2.75) is 19.4 Å². The lowest BCUT2D eigenvalue weighted by molar-refractivity contribution is -0.126. The predicted octanol–water partition coefficient (Wildman–Crippen LogP) is 2.25. The van der Waals surface area contributed by atoms with Gasteiger partial charge < -0.3 is 15.8 Å². The topological polar surface area (TPSA) is 77.2 Å². The molecule has 5 nitrogen and oxygen atoms in total. The number of pyridine rings is 1. The third kappa shape index (κ3) is 4.57. The molecule has 0 saturated carbocycles. The second-order valence-electron chi connectivity index (χ2n) is 4.66. The van der Waals surface area contributed by atoms with Gasteiger partial charge in [0.25, 0.3) is 5.91 Å². The molecule has 0 aliphatic carbocycles. The van der Waals surface area contributed by atoms with Crippen LogP contribution in [-0.4, -0.2) is 23.6 Å². The fourth-order valence-corrected chi connectivity index (χ4v) is 1.81. The average molecular weight is 285 g/mol. The second-order valence-corrected chi connectivity index (χ2v) is 4.66. The molecule has 21 heavy (non-hydrogen) atoms. The summed E-state index contributed by atoms with van der Waals surface area (Å²) >= 11 is 0. The number of nitrogens with zero attached hydrogens (tertiary/aromatic N) is 1. The summed E-state index contributed by atoms with van der Waals surface area (Å²) in [5.74, 6) is -0.214. The number of aromatic nitrogens is 1. The molecule has 0 aliphatic heterocycles. The summed E-state index contributed by atoms with van der Waals surface area (Å²) < 4.78 is 5.53. The number of hydrogen-bond acceptors (Lipinski definition) is 4. The van der Waals surface area contributed by atoms with Crippen LogP contribution in [0.15, 0.2) is 48.7 Å². The standard InChI is InChI=1S/C16H19N3O2/c1-12(21-11-9-13-6-4-5-10-18-13)16(20)19-15-8-3-2-7-14(15)17/h2-8,10,12H,9,11,17H2,1H3,(H,19,20). The Morgan fingerprint density at radius 1 is 1.29 bits per heavy atom. The highest BCUT2D eigenvalue weighted by molar-refractivity contribution is 5.96. The van der Waals surface area contributed by atoms with E-state index >= 15 is 0 Å². The number of nitrogens with one attached hydrogen (secondary N) is 1. The molecule has 0 aliphatic rings. The van der Waals surface area contributed by atoms with Crippen molar-refractivity contribution in [2.75, 3.05) is 17.7 Å². The van der Waals surface area contributed by atoms with Gasteiger partial charge in [-0.15, -0.1) is 0 Å². The molecule has 1 aromatic heterocycles. The van der Waals surface area contributed by atoms with Gasteiger partial charge in [-0.3, -0.25) is 9.78 Å². The minimum Gasteiger partial charge on any atom is -0.397 e. The number of anilines is 2. The Kier molecular flexibility index (Phi) is 5.29. The highest BCUT2D eigenvalue weighted by atomic mass is 16.5. The molecule has 0 bridgehead atoms. The number of ether oxygens (including phenoxy) is 1. The number of carbonyl (C=O) groups excluding carboxylic acids is 1. The lowest BCUT2D eigenvalue weighted by Gasteiger charge is -2.14. The van der Waals surface area contributed by atoms with E-state index < -0.39 is 6.10 Å². The van der Waals surface area contributed by atoms with E-state index in [0.29, 0.717) is 24.4 Å². The number of carbonyl (C=O) groups is 1. The van der Waals surface area contributed by atoms with Gasteiger partial charge in [0.05, 0.1) is 18.0 Å². The van der Waals surface area contributed by atoms with Gasteiger partial charge in [-0.25, -0.2) is 0 Å². The van der Waals surface area contributed by atoms with Crippen LogP contribution >= 0.6 is 0 Å². The van der Waals surface area contributed by atoms with Gasteiger partial charge >= 0.3 is 0 Å². The number of hydrogen-bond donors (Lipinski definition) is 2. The van der Waals surface area contributed by atoms with Crippen molar-refractivity contribution in [3.63, 3.8) is 0 Å². The minimum atomic E-state index is -0.548. The zero-order valence-corrected chi connectivity index (χ0v) is 12.0. The Balaban J connectivity index is 1.79. The molecule has 0 radical (unpaired) electrons. The van der Waals surface area contributed by atoms with Crippen molar-refractivity contribution in [2.24, 2.45) is 0 Å². The summed E-state index contributed by atoms with van der Waals surface area (Å²) in [6.45, 7) is 2.16. The van der Waals surface area contributed by atoms with E-state index in [9.17, 15) is 4.79 Å². The zero-order chi connectivity index (χ0) is 15.1. The first-order chi connectivity index (χ1) is 10.2. The molecule has 5 heteroatoms. The summed E-state index contributed by atoms with van der Waals surface area (Å²) in [7, 11) is 0. The fraction of sp³-hybridized carbons (Fsp3) is 0.250. The van der Waals surface area contributed by atoms with E-state index in [-0.39, 0.29) is 5.91 Å². The zero-order valence-electron chi connectivity index (χ0n) is 12.0. The van der Waals surface area contributed by atoms with Gasteiger partial charge in [-0.2, -0.15) is 0 Å². The Morgan fingerprint density at radius 3 is 2.76 bits per heavy atom. The first-order valence-electron chi connectivity index (χ1n) is 6.83. The molecule has 1 aromatic carbocycles. The van der Waals surface area contributed by atoms with Crippen LogP contribution in [0.4, 0.5) is 11.4 Å². The van der Waals surface area contributed by atoms with E-state index in [0.717, 1.165) is 5.69 Å². The van der Waals surface area contributed by atoms with Crippen molar-refractivity contribution < 1.29 is 9.53 Å². The molecule has 1 amide bonds. The number of amides is 1. The molecule has 0 saturated heterocycles. The van der Waals surface area contributed by atoms with Crippen molar-refractivity contribution in [1.29, 1.82) is 0 Å². The summed E-state index contributed by atoms with van der Waals surface area (Å²) in [6.07, 6.45) is 1.86. The first kappa shape index (κ1) is 15.0. The predicted molar refractivity (Wildman–Crippen MR) is 82.8 cm³/mol. The Bertz CT molecular complexity index is 587. The average Bonchev–Trinajstić information content (AvgIpc) is 2.50. The monoisotopic (exact) mass is 285 g/mol. The molecule has 2 aromatic rings. The number of nitrogens with two attached hydrogens (primary N) is 1.